The van der Waals surface area contributed by atoms with Crippen LogP contribution in [0.15, 0.2) is 60.8 Å². The maximum absolute atomic E-state index is 4.75. The first-order valence-electron chi connectivity index (χ1n) is 8.11. The van der Waals surface area contributed by atoms with E-state index in [1.165, 1.54) is 4.88 Å². The van der Waals surface area contributed by atoms with Gasteiger partial charge in [-0.25, -0.2) is 9.97 Å². The third-order valence-electron chi connectivity index (χ3n) is 3.96. The molecule has 0 spiro atoms. The van der Waals surface area contributed by atoms with Gasteiger partial charge in [-0.1, -0.05) is 30.3 Å². The highest BCUT2D eigenvalue weighted by Gasteiger charge is 2.10. The van der Waals surface area contributed by atoms with Crippen LogP contribution in [0.5, 0.6) is 0 Å². The summed E-state index contributed by atoms with van der Waals surface area (Å²) in [7, 11) is 0. The summed E-state index contributed by atoms with van der Waals surface area (Å²) in [5.41, 5.74) is 5.33. The monoisotopic (exact) mass is 346 g/mol. The molecule has 124 valence electrons. The number of hydrogen-bond acceptors (Lipinski definition) is 4. The molecule has 0 aliphatic rings. The van der Waals surface area contributed by atoms with E-state index in [2.05, 4.69) is 46.5 Å². The number of rotatable bonds is 4. The molecule has 0 amide bonds. The number of nitrogens with one attached hydrogen (secondary N) is 2. The lowest BCUT2D eigenvalue weighted by Gasteiger charge is -2.03. The molecule has 4 rings (SSSR count). The van der Waals surface area contributed by atoms with Crippen LogP contribution >= 0.6 is 11.3 Å². The average Bonchev–Trinajstić information content (AvgIpc) is 3.22. The van der Waals surface area contributed by atoms with E-state index >= 15 is 0 Å². The summed E-state index contributed by atoms with van der Waals surface area (Å²) in [6.07, 6.45) is 1.84. The number of nitrogens with zero attached hydrogens (tertiary/aromatic N) is 2. The molecule has 0 atom stereocenters. The van der Waals surface area contributed by atoms with E-state index in [0.29, 0.717) is 0 Å². The Hall–Kier alpha value is -2.92. The van der Waals surface area contributed by atoms with Gasteiger partial charge < -0.3 is 10.3 Å². The van der Waals surface area contributed by atoms with Crippen molar-refractivity contribution in [3.05, 3.63) is 71.4 Å². The Balaban J connectivity index is 1.55. The van der Waals surface area contributed by atoms with Gasteiger partial charge in [0.1, 0.15) is 5.82 Å². The van der Waals surface area contributed by atoms with Crippen molar-refractivity contribution < 1.29 is 0 Å². The van der Waals surface area contributed by atoms with Crippen LogP contribution in [0.4, 0.5) is 10.8 Å². The number of aryl methyl sites for hydroxylation is 2. The van der Waals surface area contributed by atoms with Crippen LogP contribution in [0.2, 0.25) is 0 Å². The molecule has 0 saturated heterocycles. The summed E-state index contributed by atoms with van der Waals surface area (Å²) in [5, 5.41) is 4.30. The zero-order valence-electron chi connectivity index (χ0n) is 14.1. The number of imidazole rings is 1. The lowest BCUT2D eigenvalue weighted by molar-refractivity contribution is 1.25. The molecule has 2 N–H and O–H groups in total. The molecular formula is C20H18N4S. The molecule has 0 radical (unpaired) electrons. The predicted molar refractivity (Wildman–Crippen MR) is 104 cm³/mol. The lowest BCUT2D eigenvalue weighted by atomic mass is 10.1. The van der Waals surface area contributed by atoms with Gasteiger partial charge in [-0.3, -0.25) is 0 Å². The largest absolute Gasteiger partial charge is 0.342 e. The minimum atomic E-state index is 0.889. The molecule has 2 heterocycles. The fourth-order valence-corrected chi connectivity index (χ4v) is 3.56. The van der Waals surface area contributed by atoms with Crippen LogP contribution in [-0.2, 0) is 0 Å². The Morgan fingerprint density at radius 2 is 1.68 bits per heavy atom. The van der Waals surface area contributed by atoms with Gasteiger partial charge in [0.25, 0.3) is 0 Å². The summed E-state index contributed by atoms with van der Waals surface area (Å²) >= 11 is 1.67. The van der Waals surface area contributed by atoms with Gasteiger partial charge in [0.2, 0.25) is 0 Å². The topological polar surface area (TPSA) is 53.6 Å². The van der Waals surface area contributed by atoms with Crippen molar-refractivity contribution in [1.29, 1.82) is 0 Å². The van der Waals surface area contributed by atoms with Gasteiger partial charge in [0.05, 0.1) is 5.69 Å². The van der Waals surface area contributed by atoms with E-state index < -0.39 is 0 Å². The Labute approximate surface area is 150 Å². The molecule has 5 heteroatoms. The molecule has 2 aromatic carbocycles. The average molecular weight is 346 g/mol. The number of anilines is 2. The van der Waals surface area contributed by atoms with Gasteiger partial charge in [0.15, 0.2) is 5.13 Å². The van der Waals surface area contributed by atoms with Crippen LogP contribution in [0.1, 0.15) is 10.6 Å². The minimum absolute atomic E-state index is 0.889. The summed E-state index contributed by atoms with van der Waals surface area (Å²) in [6, 6.07) is 18.5. The molecule has 0 bridgehead atoms. The molecule has 4 aromatic rings. The highest BCUT2D eigenvalue weighted by atomic mass is 32.1. The second-order valence-corrected chi connectivity index (χ2v) is 7.11. The zero-order chi connectivity index (χ0) is 17.2. The number of H-pyrrole nitrogens is 1. The predicted octanol–water partition coefficient (Wildman–Crippen LogP) is 5.56. The summed E-state index contributed by atoms with van der Waals surface area (Å²) < 4.78 is 0. The zero-order valence-corrected chi connectivity index (χ0v) is 14.9. The minimum Gasteiger partial charge on any atom is -0.342 e. The van der Waals surface area contributed by atoms with Gasteiger partial charge in [-0.05, 0) is 38.1 Å². The van der Waals surface area contributed by atoms with E-state index in [-0.39, 0.29) is 0 Å². The second-order valence-electron chi connectivity index (χ2n) is 5.91. The molecule has 0 aliphatic heterocycles. The van der Waals surface area contributed by atoms with E-state index in [9.17, 15) is 0 Å². The maximum Gasteiger partial charge on any atom is 0.187 e. The molecule has 0 unspecified atom stereocenters. The van der Waals surface area contributed by atoms with Crippen molar-refractivity contribution in [2.75, 3.05) is 5.32 Å². The summed E-state index contributed by atoms with van der Waals surface area (Å²) in [5.74, 6) is 0.889. The first-order chi connectivity index (χ1) is 12.2. The Kier molecular flexibility index (Phi) is 4.07. The van der Waals surface area contributed by atoms with Crippen LogP contribution in [-0.4, -0.2) is 15.0 Å². The fraction of sp³-hybridized carbons (Fsp3) is 0.100. The highest BCUT2D eigenvalue weighted by Crippen LogP contribution is 2.32. The highest BCUT2D eigenvalue weighted by molar-refractivity contribution is 7.16. The maximum atomic E-state index is 4.75. The first-order valence-corrected chi connectivity index (χ1v) is 8.92. The molecule has 25 heavy (non-hydrogen) atoms. The molecule has 0 saturated carbocycles. The van der Waals surface area contributed by atoms with Crippen LogP contribution in [0.3, 0.4) is 0 Å². The lowest BCUT2D eigenvalue weighted by Crippen LogP contribution is -1.90. The Bertz CT molecular complexity index is 984. The summed E-state index contributed by atoms with van der Waals surface area (Å²) in [4.78, 5) is 13.6. The molecule has 0 fully saturated rings. The number of aromatic amines is 1. The fourth-order valence-electron chi connectivity index (χ4n) is 2.71. The Morgan fingerprint density at radius 3 is 2.36 bits per heavy atom. The van der Waals surface area contributed by atoms with Gasteiger partial charge in [-0.2, -0.15) is 0 Å². The van der Waals surface area contributed by atoms with E-state index in [4.69, 9.17) is 4.98 Å². The van der Waals surface area contributed by atoms with Crippen molar-refractivity contribution in [3.8, 4) is 22.6 Å². The summed E-state index contributed by atoms with van der Waals surface area (Å²) in [6.45, 7) is 4.11. The molecule has 4 nitrogen and oxygen atoms in total. The smallest absolute Gasteiger partial charge is 0.187 e. The van der Waals surface area contributed by atoms with E-state index in [1.54, 1.807) is 11.3 Å². The number of hydrogen-bond donors (Lipinski definition) is 2. The van der Waals surface area contributed by atoms with Gasteiger partial charge >= 0.3 is 0 Å². The van der Waals surface area contributed by atoms with Crippen molar-refractivity contribution in [2.45, 2.75) is 13.8 Å². The van der Waals surface area contributed by atoms with Crippen LogP contribution in [0.25, 0.3) is 22.6 Å². The Morgan fingerprint density at radius 1 is 0.920 bits per heavy atom. The molecule has 2 aromatic heterocycles. The SMILES string of the molecule is Cc1cnc(-c2ccc(Nc3nc(-c4ccccc4)c(C)s3)cc2)[nH]1. The number of aromatic nitrogens is 3. The molecule has 0 aliphatic carbocycles. The van der Waals surface area contributed by atoms with Crippen LogP contribution in [0, 0.1) is 13.8 Å². The first kappa shape index (κ1) is 15.6. The standard InChI is InChI=1S/C20H18N4S/c1-13-12-21-19(22-13)16-8-10-17(11-9-16)23-20-24-18(14(2)25-20)15-6-4-3-5-7-15/h3-12H,1-2H3,(H,21,22)(H,23,24). The third-order valence-corrected chi connectivity index (χ3v) is 4.84. The second kappa shape index (κ2) is 6.53. The number of benzene rings is 2. The van der Waals surface area contributed by atoms with Crippen molar-refractivity contribution in [3.63, 3.8) is 0 Å². The third kappa shape index (κ3) is 3.32. The van der Waals surface area contributed by atoms with Gasteiger partial charge in [-0.15, -0.1) is 11.3 Å². The van der Waals surface area contributed by atoms with E-state index in [0.717, 1.165) is 39.2 Å². The van der Waals surface area contributed by atoms with Crippen molar-refractivity contribution in [1.82, 2.24) is 15.0 Å². The molecular weight excluding hydrogens is 328 g/mol. The van der Waals surface area contributed by atoms with E-state index in [1.807, 2.05) is 43.5 Å². The normalized spacial score (nSPS) is 10.8. The van der Waals surface area contributed by atoms with Gasteiger partial charge in [0, 0.05) is 33.6 Å². The van der Waals surface area contributed by atoms with Crippen molar-refractivity contribution in [2.24, 2.45) is 0 Å². The van der Waals surface area contributed by atoms with Crippen LogP contribution < -0.4 is 5.32 Å². The quantitative estimate of drug-likeness (QED) is 0.508. The van der Waals surface area contributed by atoms with Crippen molar-refractivity contribution >= 4 is 22.2 Å². The number of thiazole rings is 1.